The summed E-state index contributed by atoms with van der Waals surface area (Å²) in [6.07, 6.45) is 0.752. The van der Waals surface area contributed by atoms with Crippen LogP contribution in [-0.4, -0.2) is 30.5 Å². The summed E-state index contributed by atoms with van der Waals surface area (Å²) in [4.78, 5) is 36.0. The zero-order valence-corrected chi connectivity index (χ0v) is 15.3. The lowest BCUT2D eigenvalue weighted by Crippen LogP contribution is -2.44. The molecular formula is C20H23N3O4. The van der Waals surface area contributed by atoms with Crippen LogP contribution < -0.4 is 20.7 Å². The number of hydrogen-bond acceptors (Lipinski definition) is 4. The Morgan fingerprint density at radius 3 is 2.37 bits per heavy atom. The summed E-state index contributed by atoms with van der Waals surface area (Å²) in [5.74, 6) is -0.704. The number of para-hydroxylation sites is 2. The van der Waals surface area contributed by atoms with Crippen molar-refractivity contribution >= 4 is 23.5 Å². The maximum absolute atomic E-state index is 12.5. The minimum absolute atomic E-state index is 0.0406. The summed E-state index contributed by atoms with van der Waals surface area (Å²) in [5.41, 5.74) is 0.940. The van der Waals surface area contributed by atoms with E-state index in [9.17, 15) is 14.4 Å². The molecule has 2 rings (SSSR count). The molecule has 0 aliphatic carbocycles. The Hall–Kier alpha value is -3.35. The second-order valence-electron chi connectivity index (χ2n) is 5.94. The van der Waals surface area contributed by atoms with Gasteiger partial charge in [-0.15, -0.1) is 0 Å². The maximum atomic E-state index is 12.5. The van der Waals surface area contributed by atoms with Gasteiger partial charge in [-0.2, -0.15) is 0 Å². The molecule has 0 saturated carbocycles. The Bertz CT molecular complexity index is 793. The van der Waals surface area contributed by atoms with E-state index in [4.69, 9.17) is 4.74 Å². The van der Waals surface area contributed by atoms with Gasteiger partial charge in [-0.05, 0) is 37.6 Å². The van der Waals surface area contributed by atoms with E-state index < -0.39 is 11.9 Å². The minimum Gasteiger partial charge on any atom is -0.483 e. The molecule has 0 aliphatic rings. The standard InChI is InChI=1S/C20H23N3O4/c1-3-14(2)21-20(26)23-18(24)13-27-17-12-8-7-11-16(17)19(25)22-15-9-5-4-6-10-15/h4-12,14H,3,13H2,1-2H3,(H,22,25)(H2,21,23,24,26)/t14-/m1/s1. The molecule has 0 fully saturated rings. The van der Waals surface area contributed by atoms with Crippen molar-refractivity contribution in [3.05, 3.63) is 60.2 Å². The number of carbonyl (C=O) groups is 3. The van der Waals surface area contributed by atoms with Gasteiger partial charge in [0.1, 0.15) is 5.75 Å². The molecule has 1 atom stereocenters. The quantitative estimate of drug-likeness (QED) is 0.699. The predicted molar refractivity (Wildman–Crippen MR) is 103 cm³/mol. The van der Waals surface area contributed by atoms with Crippen LogP contribution in [0.2, 0.25) is 0 Å². The molecule has 0 spiro atoms. The van der Waals surface area contributed by atoms with Crippen LogP contribution in [0.3, 0.4) is 0 Å². The van der Waals surface area contributed by atoms with E-state index in [1.54, 1.807) is 36.4 Å². The van der Waals surface area contributed by atoms with Crippen molar-refractivity contribution in [1.29, 1.82) is 0 Å². The molecule has 0 unspecified atom stereocenters. The van der Waals surface area contributed by atoms with Crippen LogP contribution >= 0.6 is 0 Å². The van der Waals surface area contributed by atoms with Crippen LogP contribution in [-0.2, 0) is 4.79 Å². The van der Waals surface area contributed by atoms with Crippen LogP contribution in [0.25, 0.3) is 0 Å². The van der Waals surface area contributed by atoms with Gasteiger partial charge < -0.3 is 15.4 Å². The molecule has 27 heavy (non-hydrogen) atoms. The van der Waals surface area contributed by atoms with E-state index >= 15 is 0 Å². The van der Waals surface area contributed by atoms with Gasteiger partial charge in [-0.1, -0.05) is 37.3 Å². The Morgan fingerprint density at radius 1 is 1.00 bits per heavy atom. The summed E-state index contributed by atoms with van der Waals surface area (Å²) >= 11 is 0. The topological polar surface area (TPSA) is 96.5 Å². The van der Waals surface area contributed by atoms with Gasteiger partial charge >= 0.3 is 6.03 Å². The first-order valence-electron chi connectivity index (χ1n) is 8.68. The second kappa shape index (κ2) is 9.96. The van der Waals surface area contributed by atoms with E-state index in [-0.39, 0.29) is 24.3 Å². The molecule has 142 valence electrons. The maximum Gasteiger partial charge on any atom is 0.321 e. The Balaban J connectivity index is 1.94. The number of carbonyl (C=O) groups excluding carboxylic acids is 3. The van der Waals surface area contributed by atoms with Crippen molar-refractivity contribution in [2.45, 2.75) is 26.3 Å². The Labute approximate surface area is 158 Å². The van der Waals surface area contributed by atoms with Gasteiger partial charge in [-0.3, -0.25) is 14.9 Å². The van der Waals surface area contributed by atoms with Crippen LogP contribution in [0.5, 0.6) is 5.75 Å². The molecule has 0 aliphatic heterocycles. The highest BCUT2D eigenvalue weighted by molar-refractivity contribution is 6.06. The molecule has 3 N–H and O–H groups in total. The third-order valence-electron chi connectivity index (χ3n) is 3.76. The summed E-state index contributed by atoms with van der Waals surface area (Å²) in [6, 6.07) is 15.0. The Kier molecular flexibility index (Phi) is 7.37. The van der Waals surface area contributed by atoms with Gasteiger partial charge in [0.15, 0.2) is 6.61 Å². The number of imide groups is 1. The largest absolute Gasteiger partial charge is 0.483 e. The molecule has 0 radical (unpaired) electrons. The van der Waals surface area contributed by atoms with Crippen molar-refractivity contribution in [3.8, 4) is 5.75 Å². The number of ether oxygens (including phenoxy) is 1. The first-order valence-corrected chi connectivity index (χ1v) is 8.68. The van der Waals surface area contributed by atoms with Gasteiger partial charge in [-0.25, -0.2) is 4.79 Å². The fourth-order valence-electron chi connectivity index (χ4n) is 2.17. The van der Waals surface area contributed by atoms with Gasteiger partial charge in [0.2, 0.25) is 0 Å². The van der Waals surface area contributed by atoms with Crippen molar-refractivity contribution in [1.82, 2.24) is 10.6 Å². The minimum atomic E-state index is -0.603. The van der Waals surface area contributed by atoms with E-state index in [0.717, 1.165) is 6.42 Å². The van der Waals surface area contributed by atoms with E-state index in [2.05, 4.69) is 16.0 Å². The third-order valence-corrected chi connectivity index (χ3v) is 3.76. The lowest BCUT2D eigenvalue weighted by Gasteiger charge is -2.13. The number of hydrogen-bond donors (Lipinski definition) is 3. The average molecular weight is 369 g/mol. The van der Waals surface area contributed by atoms with Gasteiger partial charge in [0.05, 0.1) is 5.56 Å². The molecule has 7 heteroatoms. The summed E-state index contributed by atoms with van der Waals surface area (Å²) in [5, 5.41) is 7.58. The Morgan fingerprint density at radius 2 is 1.67 bits per heavy atom. The van der Waals surface area contributed by atoms with Crippen molar-refractivity contribution in [2.75, 3.05) is 11.9 Å². The highest BCUT2D eigenvalue weighted by Gasteiger charge is 2.15. The summed E-state index contributed by atoms with van der Waals surface area (Å²) < 4.78 is 5.44. The SMILES string of the molecule is CC[C@@H](C)NC(=O)NC(=O)COc1ccccc1C(=O)Nc1ccccc1. The van der Waals surface area contributed by atoms with Crippen LogP contribution in [0.4, 0.5) is 10.5 Å². The lowest BCUT2D eigenvalue weighted by molar-refractivity contribution is -0.122. The fraction of sp³-hybridized carbons (Fsp3) is 0.250. The molecule has 7 nitrogen and oxygen atoms in total. The van der Waals surface area contributed by atoms with E-state index in [1.165, 1.54) is 0 Å². The molecule has 0 aromatic heterocycles. The molecule has 2 aromatic rings. The number of amides is 4. The normalized spacial score (nSPS) is 11.2. The van der Waals surface area contributed by atoms with E-state index in [0.29, 0.717) is 11.3 Å². The first kappa shape index (κ1) is 20.0. The molecule has 0 bridgehead atoms. The fourth-order valence-corrected chi connectivity index (χ4v) is 2.17. The highest BCUT2D eigenvalue weighted by Crippen LogP contribution is 2.19. The number of nitrogens with one attached hydrogen (secondary N) is 3. The second-order valence-corrected chi connectivity index (χ2v) is 5.94. The zero-order valence-electron chi connectivity index (χ0n) is 15.3. The van der Waals surface area contributed by atoms with E-state index in [1.807, 2.05) is 32.0 Å². The first-order chi connectivity index (χ1) is 13.0. The zero-order chi connectivity index (χ0) is 19.6. The van der Waals surface area contributed by atoms with Crippen molar-refractivity contribution in [3.63, 3.8) is 0 Å². The number of benzene rings is 2. The number of anilines is 1. The predicted octanol–water partition coefficient (Wildman–Crippen LogP) is 2.94. The highest BCUT2D eigenvalue weighted by atomic mass is 16.5. The number of urea groups is 1. The smallest absolute Gasteiger partial charge is 0.321 e. The average Bonchev–Trinajstić information content (AvgIpc) is 2.67. The molecule has 2 aromatic carbocycles. The molecular weight excluding hydrogens is 346 g/mol. The lowest BCUT2D eigenvalue weighted by atomic mass is 10.2. The van der Waals surface area contributed by atoms with Crippen molar-refractivity contribution < 1.29 is 19.1 Å². The molecule has 0 saturated heterocycles. The number of rotatable bonds is 7. The van der Waals surface area contributed by atoms with Crippen molar-refractivity contribution in [2.24, 2.45) is 0 Å². The monoisotopic (exact) mass is 369 g/mol. The molecule has 0 heterocycles. The van der Waals surface area contributed by atoms with Crippen LogP contribution in [0, 0.1) is 0 Å². The van der Waals surface area contributed by atoms with Gasteiger partial charge in [0, 0.05) is 11.7 Å². The van der Waals surface area contributed by atoms with Gasteiger partial charge in [0.25, 0.3) is 11.8 Å². The summed E-state index contributed by atoms with van der Waals surface area (Å²) in [6.45, 7) is 3.37. The molecule has 4 amide bonds. The third kappa shape index (κ3) is 6.47. The van der Waals surface area contributed by atoms with Crippen LogP contribution in [0.1, 0.15) is 30.6 Å². The van der Waals surface area contributed by atoms with Crippen LogP contribution in [0.15, 0.2) is 54.6 Å². The summed E-state index contributed by atoms with van der Waals surface area (Å²) in [7, 11) is 0.